The lowest BCUT2D eigenvalue weighted by Gasteiger charge is -2.13. The number of primary amides is 2. The molecule has 0 saturated carbocycles. The van der Waals surface area contributed by atoms with E-state index in [0.717, 1.165) is 20.8 Å². The van der Waals surface area contributed by atoms with Crippen LogP contribution in [0.4, 0.5) is 21.0 Å². The molecule has 9 nitrogen and oxygen atoms in total. The minimum Gasteiger partial charge on any atom is -0.454 e. The molecule has 2 aromatic carbocycles. The van der Waals surface area contributed by atoms with Crippen LogP contribution in [0.15, 0.2) is 40.8 Å². The van der Waals surface area contributed by atoms with Crippen molar-refractivity contribution in [1.29, 1.82) is 0 Å². The Morgan fingerprint density at radius 3 is 2.26 bits per heavy atom. The minimum atomic E-state index is -0.819. The first-order valence-corrected chi connectivity index (χ1v) is 6.54. The van der Waals surface area contributed by atoms with Crippen molar-refractivity contribution in [3.8, 4) is 0 Å². The molecule has 0 atom stereocenters. The molecule has 0 saturated heterocycles. The van der Waals surface area contributed by atoms with Gasteiger partial charge in [-0.15, -0.1) is 0 Å². The molecule has 8 N–H and O–H groups in total. The van der Waals surface area contributed by atoms with Crippen molar-refractivity contribution in [3.05, 3.63) is 36.4 Å². The molecule has 0 radical (unpaired) electrons. The zero-order valence-corrected chi connectivity index (χ0v) is 11.9. The summed E-state index contributed by atoms with van der Waals surface area (Å²) in [5.41, 5.74) is 11.9. The summed E-state index contributed by atoms with van der Waals surface area (Å²) in [5.74, 6) is 11.2. The van der Waals surface area contributed by atoms with Crippen LogP contribution >= 0.6 is 0 Å². The maximum absolute atomic E-state index is 11.3. The number of carbonyl (C=O) groups is 2. The van der Waals surface area contributed by atoms with Gasteiger partial charge in [-0.25, -0.2) is 31.3 Å². The van der Waals surface area contributed by atoms with Gasteiger partial charge >= 0.3 is 12.1 Å². The number of nitrogens with two attached hydrogens (primary N) is 4. The molecule has 0 bridgehead atoms. The van der Waals surface area contributed by atoms with Crippen molar-refractivity contribution in [2.45, 2.75) is 0 Å². The molecular formula is C14H14N6O3. The third-order valence-electron chi connectivity index (χ3n) is 3.47. The van der Waals surface area contributed by atoms with Crippen LogP contribution < -0.4 is 33.2 Å². The zero-order valence-electron chi connectivity index (χ0n) is 11.9. The van der Waals surface area contributed by atoms with Crippen LogP contribution in [0.5, 0.6) is 0 Å². The Bertz CT molecular complexity index is 935. The number of amides is 4. The van der Waals surface area contributed by atoms with E-state index in [2.05, 4.69) is 0 Å². The number of rotatable bonds is 2. The van der Waals surface area contributed by atoms with E-state index in [0.29, 0.717) is 22.5 Å². The summed E-state index contributed by atoms with van der Waals surface area (Å²) < 4.78 is 5.76. The molecule has 1 aromatic heterocycles. The van der Waals surface area contributed by atoms with Gasteiger partial charge in [0.05, 0.1) is 5.69 Å². The van der Waals surface area contributed by atoms with E-state index in [4.69, 9.17) is 27.6 Å². The van der Waals surface area contributed by atoms with Crippen LogP contribution in [-0.4, -0.2) is 12.1 Å². The fourth-order valence-corrected chi connectivity index (χ4v) is 2.36. The fourth-order valence-electron chi connectivity index (χ4n) is 2.36. The fraction of sp³-hybridized carbons (Fsp3) is 0. The van der Waals surface area contributed by atoms with Gasteiger partial charge in [-0.05, 0) is 18.2 Å². The summed E-state index contributed by atoms with van der Waals surface area (Å²) in [7, 11) is 0. The van der Waals surface area contributed by atoms with Crippen molar-refractivity contribution in [2.75, 3.05) is 10.0 Å². The van der Waals surface area contributed by atoms with Crippen LogP contribution in [0.25, 0.3) is 21.9 Å². The zero-order chi connectivity index (χ0) is 16.7. The highest BCUT2D eigenvalue weighted by Crippen LogP contribution is 2.35. The van der Waals surface area contributed by atoms with Gasteiger partial charge in [0.15, 0.2) is 5.58 Å². The predicted octanol–water partition coefficient (Wildman–Crippen LogP) is 1.10. The molecular weight excluding hydrogens is 300 g/mol. The number of para-hydroxylation sites is 1. The Labute approximate surface area is 129 Å². The Morgan fingerprint density at radius 2 is 1.61 bits per heavy atom. The standard InChI is InChI=1S/C14H14N6O3/c15-13(21)19(17)7-4-5-8-9-2-1-3-10(20(18)14(16)22)12(9)23-11(8)6-7/h1-6H,17-18H2,(H2,15,21)(H2,16,22). The number of furan rings is 1. The first kappa shape index (κ1) is 14.6. The maximum atomic E-state index is 11.3. The van der Waals surface area contributed by atoms with Gasteiger partial charge in [0, 0.05) is 16.8 Å². The molecule has 0 fully saturated rings. The third kappa shape index (κ3) is 2.29. The number of urea groups is 2. The summed E-state index contributed by atoms with van der Waals surface area (Å²) in [5, 5.41) is 3.10. The van der Waals surface area contributed by atoms with E-state index < -0.39 is 12.1 Å². The van der Waals surface area contributed by atoms with Gasteiger partial charge in [-0.2, -0.15) is 0 Å². The number of fused-ring (bicyclic) bond motifs is 3. The van der Waals surface area contributed by atoms with Gasteiger partial charge < -0.3 is 15.9 Å². The summed E-state index contributed by atoms with van der Waals surface area (Å²) in [6.45, 7) is 0. The van der Waals surface area contributed by atoms with E-state index in [1.165, 1.54) is 0 Å². The number of benzene rings is 2. The highest BCUT2D eigenvalue weighted by Gasteiger charge is 2.17. The molecule has 0 aliphatic heterocycles. The number of hydrogen-bond donors (Lipinski definition) is 4. The number of hydrogen-bond acceptors (Lipinski definition) is 5. The second-order valence-electron chi connectivity index (χ2n) is 4.85. The van der Waals surface area contributed by atoms with Gasteiger partial charge in [-0.1, -0.05) is 12.1 Å². The SMILES string of the molecule is NC(=O)N(N)c1ccc2c(c1)oc1c(N(N)C(N)=O)cccc12. The Kier molecular flexibility index (Phi) is 3.28. The molecule has 9 heteroatoms. The molecule has 3 aromatic rings. The van der Waals surface area contributed by atoms with Crippen LogP contribution in [0, 0.1) is 0 Å². The highest BCUT2D eigenvalue weighted by molar-refractivity contribution is 6.11. The van der Waals surface area contributed by atoms with E-state index in [-0.39, 0.29) is 0 Å². The van der Waals surface area contributed by atoms with Gasteiger partial charge in [0.25, 0.3) is 0 Å². The second kappa shape index (κ2) is 5.16. The van der Waals surface area contributed by atoms with Crippen molar-refractivity contribution in [2.24, 2.45) is 23.2 Å². The number of carbonyl (C=O) groups excluding carboxylic acids is 2. The van der Waals surface area contributed by atoms with Gasteiger partial charge in [-0.3, -0.25) is 0 Å². The average molecular weight is 314 g/mol. The second-order valence-corrected chi connectivity index (χ2v) is 4.85. The molecule has 0 aliphatic rings. The van der Waals surface area contributed by atoms with Crippen LogP contribution in [0.3, 0.4) is 0 Å². The van der Waals surface area contributed by atoms with E-state index in [1.54, 1.807) is 30.3 Å². The molecule has 0 aliphatic carbocycles. The van der Waals surface area contributed by atoms with E-state index in [1.807, 2.05) is 6.07 Å². The molecule has 23 heavy (non-hydrogen) atoms. The molecule has 0 unspecified atom stereocenters. The monoisotopic (exact) mass is 314 g/mol. The first-order valence-electron chi connectivity index (χ1n) is 6.54. The predicted molar refractivity (Wildman–Crippen MR) is 86.2 cm³/mol. The Hall–Kier alpha value is -3.30. The summed E-state index contributed by atoms with van der Waals surface area (Å²) >= 11 is 0. The number of hydrazine groups is 2. The summed E-state index contributed by atoms with van der Waals surface area (Å²) in [6.07, 6.45) is 0. The number of anilines is 2. The lowest BCUT2D eigenvalue weighted by molar-refractivity contribution is 0.253. The lowest BCUT2D eigenvalue weighted by Crippen LogP contribution is -2.41. The van der Waals surface area contributed by atoms with Crippen molar-refractivity contribution >= 4 is 45.4 Å². The van der Waals surface area contributed by atoms with Crippen molar-refractivity contribution in [3.63, 3.8) is 0 Å². The Morgan fingerprint density at radius 1 is 0.913 bits per heavy atom. The smallest absolute Gasteiger partial charge is 0.333 e. The summed E-state index contributed by atoms with van der Waals surface area (Å²) in [4.78, 5) is 22.4. The third-order valence-corrected chi connectivity index (χ3v) is 3.47. The average Bonchev–Trinajstić information content (AvgIpc) is 2.90. The van der Waals surface area contributed by atoms with Crippen molar-refractivity contribution in [1.82, 2.24) is 0 Å². The van der Waals surface area contributed by atoms with E-state index in [9.17, 15) is 9.59 Å². The quantitative estimate of drug-likeness (QED) is 0.316. The largest absolute Gasteiger partial charge is 0.454 e. The topological polar surface area (TPSA) is 158 Å². The molecule has 0 spiro atoms. The van der Waals surface area contributed by atoms with Crippen LogP contribution in [-0.2, 0) is 0 Å². The Balaban J connectivity index is 2.23. The van der Waals surface area contributed by atoms with Crippen LogP contribution in [0.1, 0.15) is 0 Å². The molecule has 1 heterocycles. The van der Waals surface area contributed by atoms with Gasteiger partial charge in [0.1, 0.15) is 11.3 Å². The number of nitrogens with zero attached hydrogens (tertiary/aromatic N) is 2. The first-order chi connectivity index (χ1) is 10.9. The summed E-state index contributed by atoms with van der Waals surface area (Å²) in [6, 6.07) is 8.44. The lowest BCUT2D eigenvalue weighted by atomic mass is 10.1. The maximum Gasteiger partial charge on any atom is 0.333 e. The highest BCUT2D eigenvalue weighted by atomic mass is 16.3. The normalized spacial score (nSPS) is 10.9. The van der Waals surface area contributed by atoms with Crippen LogP contribution in [0.2, 0.25) is 0 Å². The minimum absolute atomic E-state index is 0.326. The molecule has 4 amide bonds. The van der Waals surface area contributed by atoms with Crippen molar-refractivity contribution < 1.29 is 14.0 Å². The van der Waals surface area contributed by atoms with Gasteiger partial charge in [0.2, 0.25) is 0 Å². The van der Waals surface area contributed by atoms with E-state index >= 15 is 0 Å². The molecule has 3 rings (SSSR count). The molecule has 118 valence electrons.